The van der Waals surface area contributed by atoms with Gasteiger partial charge in [-0.2, -0.15) is 5.21 Å². The van der Waals surface area contributed by atoms with E-state index in [0.29, 0.717) is 12.2 Å². The predicted octanol–water partition coefficient (Wildman–Crippen LogP) is 2.43. The Bertz CT molecular complexity index is 444. The Balaban J connectivity index is 1.53. The number of hydrogen-bond donors (Lipinski definition) is 2. The van der Waals surface area contributed by atoms with Gasteiger partial charge in [0.1, 0.15) is 6.10 Å². The molecule has 5 heteroatoms. The van der Waals surface area contributed by atoms with Crippen LogP contribution in [0.3, 0.4) is 0 Å². The summed E-state index contributed by atoms with van der Waals surface area (Å²) in [5, 5.41) is 23.1. The van der Waals surface area contributed by atoms with Crippen LogP contribution in [0.4, 0.5) is 0 Å². The molecule has 0 amide bonds. The Morgan fingerprint density at radius 1 is 1.05 bits per heavy atom. The normalized spacial score (nSPS) is 12.5. The first-order chi connectivity index (χ1) is 9.36. The highest BCUT2D eigenvalue weighted by atomic mass is 16.3. The maximum absolute atomic E-state index is 9.76. The van der Waals surface area contributed by atoms with Crippen molar-refractivity contribution in [3.63, 3.8) is 0 Å². The van der Waals surface area contributed by atoms with Gasteiger partial charge in [-0.15, -0.1) is 10.2 Å². The fourth-order valence-electron chi connectivity index (χ4n) is 2.10. The molecule has 102 valence electrons. The van der Waals surface area contributed by atoms with E-state index in [2.05, 4.69) is 44.9 Å². The van der Waals surface area contributed by atoms with Crippen LogP contribution in [0.5, 0.6) is 0 Å². The monoisotopic (exact) mass is 260 g/mol. The van der Waals surface area contributed by atoms with E-state index in [1.54, 1.807) is 0 Å². The van der Waals surface area contributed by atoms with Crippen molar-refractivity contribution < 1.29 is 5.11 Å². The number of aromatic amines is 1. The molecule has 0 spiro atoms. The molecule has 2 N–H and O–H groups in total. The van der Waals surface area contributed by atoms with E-state index in [-0.39, 0.29) is 0 Å². The van der Waals surface area contributed by atoms with Crippen molar-refractivity contribution in [1.29, 1.82) is 0 Å². The van der Waals surface area contributed by atoms with Crippen LogP contribution in [0.1, 0.15) is 49.6 Å². The van der Waals surface area contributed by atoms with Crippen molar-refractivity contribution in [3.8, 4) is 0 Å². The summed E-state index contributed by atoms with van der Waals surface area (Å²) in [7, 11) is 0. The van der Waals surface area contributed by atoms with Crippen molar-refractivity contribution in [1.82, 2.24) is 20.6 Å². The quantitative estimate of drug-likeness (QED) is 0.715. The molecule has 0 aliphatic heterocycles. The molecule has 2 aromatic rings. The zero-order valence-corrected chi connectivity index (χ0v) is 11.0. The molecule has 0 aliphatic carbocycles. The average Bonchev–Trinajstić information content (AvgIpc) is 2.98. The molecule has 0 saturated heterocycles. The van der Waals surface area contributed by atoms with Gasteiger partial charge in [-0.1, -0.05) is 54.8 Å². The van der Waals surface area contributed by atoms with E-state index < -0.39 is 6.10 Å². The van der Waals surface area contributed by atoms with Gasteiger partial charge in [0.15, 0.2) is 0 Å². The Morgan fingerprint density at radius 3 is 2.58 bits per heavy atom. The maximum atomic E-state index is 9.76. The highest BCUT2D eigenvalue weighted by Crippen LogP contribution is 2.16. The molecule has 0 radical (unpaired) electrons. The van der Waals surface area contributed by atoms with Crippen LogP contribution in [0.15, 0.2) is 30.3 Å². The minimum Gasteiger partial charge on any atom is -0.385 e. The molecule has 2 rings (SSSR count). The highest BCUT2D eigenvalue weighted by molar-refractivity contribution is 5.14. The Labute approximate surface area is 113 Å². The van der Waals surface area contributed by atoms with Gasteiger partial charge < -0.3 is 5.11 Å². The molecule has 1 aromatic heterocycles. The van der Waals surface area contributed by atoms with E-state index in [1.807, 2.05) is 6.07 Å². The third-order valence-corrected chi connectivity index (χ3v) is 3.20. The lowest BCUT2D eigenvalue weighted by Gasteiger charge is -2.05. The number of H-pyrrole nitrogens is 1. The van der Waals surface area contributed by atoms with Gasteiger partial charge in [0.25, 0.3) is 0 Å². The smallest absolute Gasteiger partial charge is 0.202 e. The minimum absolute atomic E-state index is 0.393. The summed E-state index contributed by atoms with van der Waals surface area (Å²) in [4.78, 5) is 0. The van der Waals surface area contributed by atoms with Crippen molar-refractivity contribution in [3.05, 3.63) is 41.7 Å². The number of unbranched alkanes of at least 4 members (excludes halogenated alkanes) is 3. The highest BCUT2D eigenvalue weighted by Gasteiger charge is 2.11. The van der Waals surface area contributed by atoms with Gasteiger partial charge in [0.2, 0.25) is 5.82 Å². The Kier molecular flexibility index (Phi) is 5.49. The zero-order valence-electron chi connectivity index (χ0n) is 11.0. The molecule has 0 unspecified atom stereocenters. The standard InChI is InChI=1S/C14H20N4O/c19-13(14-15-17-18-16-14)11-7-2-1-4-8-12-9-5-3-6-10-12/h3,5-6,9-10,13,19H,1-2,4,7-8,11H2,(H,15,16,17,18)/t13-/m1/s1. The number of tetrazole rings is 1. The lowest BCUT2D eigenvalue weighted by molar-refractivity contribution is 0.153. The number of rotatable bonds is 8. The molecule has 0 bridgehead atoms. The molecule has 1 atom stereocenters. The molecular weight excluding hydrogens is 240 g/mol. The van der Waals surface area contributed by atoms with Gasteiger partial charge in [0, 0.05) is 0 Å². The van der Waals surface area contributed by atoms with Crippen molar-refractivity contribution >= 4 is 0 Å². The fourth-order valence-corrected chi connectivity index (χ4v) is 2.10. The van der Waals surface area contributed by atoms with Gasteiger partial charge in [0.05, 0.1) is 0 Å². The first-order valence-electron chi connectivity index (χ1n) is 6.81. The van der Waals surface area contributed by atoms with Crippen LogP contribution >= 0.6 is 0 Å². The molecule has 1 aromatic carbocycles. The number of nitrogens with zero attached hydrogens (tertiary/aromatic N) is 3. The fraction of sp³-hybridized carbons (Fsp3) is 0.500. The summed E-state index contributed by atoms with van der Waals surface area (Å²) in [6, 6.07) is 10.5. The van der Waals surface area contributed by atoms with E-state index in [4.69, 9.17) is 0 Å². The zero-order chi connectivity index (χ0) is 13.3. The predicted molar refractivity (Wildman–Crippen MR) is 72.4 cm³/mol. The second-order valence-electron chi connectivity index (χ2n) is 4.72. The van der Waals surface area contributed by atoms with Crippen LogP contribution in [0.25, 0.3) is 0 Å². The number of benzene rings is 1. The molecular formula is C14H20N4O. The largest absolute Gasteiger partial charge is 0.385 e. The summed E-state index contributed by atoms with van der Waals surface area (Å²) in [5.41, 5.74) is 1.40. The SMILES string of the molecule is O[C@H](CCCCCCc1ccccc1)c1nn[nH]n1. The maximum Gasteiger partial charge on any atom is 0.202 e. The number of aromatic nitrogens is 4. The summed E-state index contributed by atoms with van der Waals surface area (Å²) < 4.78 is 0. The first kappa shape index (κ1) is 13.7. The number of aliphatic hydroxyl groups excluding tert-OH is 1. The van der Waals surface area contributed by atoms with Gasteiger partial charge in [-0.3, -0.25) is 0 Å². The second-order valence-corrected chi connectivity index (χ2v) is 4.72. The lowest BCUT2D eigenvalue weighted by Crippen LogP contribution is -2.00. The average molecular weight is 260 g/mol. The molecule has 19 heavy (non-hydrogen) atoms. The Morgan fingerprint density at radius 2 is 1.84 bits per heavy atom. The molecule has 5 nitrogen and oxygen atoms in total. The van der Waals surface area contributed by atoms with Gasteiger partial charge in [-0.25, -0.2) is 0 Å². The third kappa shape index (κ3) is 4.79. The number of aryl methyl sites for hydroxylation is 1. The third-order valence-electron chi connectivity index (χ3n) is 3.20. The summed E-state index contributed by atoms with van der Waals surface area (Å²) in [6.45, 7) is 0. The van der Waals surface area contributed by atoms with E-state index in [0.717, 1.165) is 19.3 Å². The van der Waals surface area contributed by atoms with Crippen molar-refractivity contribution in [2.45, 2.75) is 44.6 Å². The lowest BCUT2D eigenvalue weighted by atomic mass is 10.0. The number of nitrogens with one attached hydrogen (secondary N) is 1. The van der Waals surface area contributed by atoms with Crippen LogP contribution in [0.2, 0.25) is 0 Å². The van der Waals surface area contributed by atoms with Crippen LogP contribution < -0.4 is 0 Å². The van der Waals surface area contributed by atoms with Crippen LogP contribution in [-0.2, 0) is 6.42 Å². The van der Waals surface area contributed by atoms with Crippen LogP contribution in [-0.4, -0.2) is 25.7 Å². The first-order valence-corrected chi connectivity index (χ1v) is 6.81. The Hall–Kier alpha value is -1.75. The molecule has 0 fully saturated rings. The topological polar surface area (TPSA) is 74.7 Å². The molecule has 0 aliphatic rings. The van der Waals surface area contributed by atoms with Crippen molar-refractivity contribution in [2.75, 3.05) is 0 Å². The van der Waals surface area contributed by atoms with E-state index >= 15 is 0 Å². The summed E-state index contributed by atoms with van der Waals surface area (Å²) in [5.74, 6) is 0.393. The second kappa shape index (κ2) is 7.63. The summed E-state index contributed by atoms with van der Waals surface area (Å²) >= 11 is 0. The number of hydrogen-bond acceptors (Lipinski definition) is 4. The summed E-state index contributed by atoms with van der Waals surface area (Å²) in [6.07, 6.45) is 5.74. The number of aliphatic hydroxyl groups is 1. The van der Waals surface area contributed by atoms with Gasteiger partial charge in [-0.05, 0) is 24.8 Å². The minimum atomic E-state index is -0.590. The molecule has 0 saturated carbocycles. The molecule has 1 heterocycles. The van der Waals surface area contributed by atoms with Gasteiger partial charge >= 0.3 is 0 Å². The van der Waals surface area contributed by atoms with E-state index in [1.165, 1.54) is 18.4 Å². The van der Waals surface area contributed by atoms with Crippen LogP contribution in [0, 0.1) is 0 Å². The van der Waals surface area contributed by atoms with Crippen molar-refractivity contribution in [2.24, 2.45) is 0 Å². The van der Waals surface area contributed by atoms with E-state index in [9.17, 15) is 5.11 Å².